The van der Waals surface area contributed by atoms with Gasteiger partial charge in [0.15, 0.2) is 0 Å². The van der Waals surface area contributed by atoms with Crippen molar-refractivity contribution >= 4 is 11.9 Å². The average molecular weight is 355 g/mol. The summed E-state index contributed by atoms with van der Waals surface area (Å²) in [6.07, 6.45) is 0.774. The lowest BCUT2D eigenvalue weighted by Gasteiger charge is -2.27. The van der Waals surface area contributed by atoms with Gasteiger partial charge in [0, 0.05) is 19.6 Å². The molecule has 1 aliphatic heterocycles. The Balaban J connectivity index is 1.63. The molecule has 1 atom stereocenters. The maximum Gasteiger partial charge on any atom is 0.317 e. The molecule has 1 saturated heterocycles. The van der Waals surface area contributed by atoms with Crippen molar-refractivity contribution in [3.05, 3.63) is 71.5 Å². The Bertz CT molecular complexity index is 767. The predicted octanol–water partition coefficient (Wildman–Crippen LogP) is 2.12. The van der Waals surface area contributed by atoms with E-state index in [-0.39, 0.29) is 23.8 Å². The standard InChI is InChI=1S/C20H22FN3O2/c21-17-8-4-7-16(11-17)12-18(24-10-9-22-20(24)26)14-23-19(25)13-15-5-2-1-3-6-15/h1-8,11,18H,9-10,12-14H2,(H,22,26)(H,23,25)/t18-/m1/s1. The summed E-state index contributed by atoms with van der Waals surface area (Å²) in [7, 11) is 0. The number of hydrogen-bond acceptors (Lipinski definition) is 2. The van der Waals surface area contributed by atoms with Crippen LogP contribution in [0.4, 0.5) is 9.18 Å². The minimum absolute atomic E-state index is 0.0972. The fourth-order valence-electron chi connectivity index (χ4n) is 3.14. The SMILES string of the molecule is O=C(Cc1ccccc1)NC[C@@H](Cc1cccc(F)c1)N1CCNC1=O. The molecule has 2 aromatic carbocycles. The van der Waals surface area contributed by atoms with Crippen LogP contribution >= 0.6 is 0 Å². The molecule has 26 heavy (non-hydrogen) atoms. The van der Waals surface area contributed by atoms with Gasteiger partial charge in [0.25, 0.3) is 0 Å². The van der Waals surface area contributed by atoms with Crippen molar-refractivity contribution in [3.63, 3.8) is 0 Å². The van der Waals surface area contributed by atoms with Crippen molar-refractivity contribution in [3.8, 4) is 0 Å². The highest BCUT2D eigenvalue weighted by Gasteiger charge is 2.28. The van der Waals surface area contributed by atoms with Gasteiger partial charge in [-0.15, -0.1) is 0 Å². The summed E-state index contributed by atoms with van der Waals surface area (Å²) in [5, 5.41) is 5.68. The van der Waals surface area contributed by atoms with E-state index >= 15 is 0 Å². The zero-order valence-corrected chi connectivity index (χ0v) is 14.5. The fourth-order valence-corrected chi connectivity index (χ4v) is 3.14. The van der Waals surface area contributed by atoms with E-state index in [0.717, 1.165) is 11.1 Å². The number of hydrogen-bond donors (Lipinski definition) is 2. The molecular formula is C20H22FN3O2. The van der Waals surface area contributed by atoms with Crippen LogP contribution in [0.25, 0.3) is 0 Å². The van der Waals surface area contributed by atoms with Crippen molar-refractivity contribution in [1.29, 1.82) is 0 Å². The Hall–Kier alpha value is -2.89. The molecule has 0 aliphatic carbocycles. The molecule has 0 spiro atoms. The van der Waals surface area contributed by atoms with E-state index in [2.05, 4.69) is 10.6 Å². The first-order valence-electron chi connectivity index (χ1n) is 8.71. The lowest BCUT2D eigenvalue weighted by Crippen LogP contribution is -2.47. The zero-order valence-electron chi connectivity index (χ0n) is 14.5. The molecule has 1 fully saturated rings. The number of urea groups is 1. The molecule has 1 heterocycles. The van der Waals surface area contributed by atoms with Gasteiger partial charge in [0.2, 0.25) is 5.91 Å². The van der Waals surface area contributed by atoms with Gasteiger partial charge in [-0.3, -0.25) is 4.79 Å². The monoisotopic (exact) mass is 355 g/mol. The third-order valence-electron chi connectivity index (χ3n) is 4.43. The largest absolute Gasteiger partial charge is 0.354 e. The molecule has 6 heteroatoms. The summed E-state index contributed by atoms with van der Waals surface area (Å²) in [6, 6.07) is 15.5. The van der Waals surface area contributed by atoms with Crippen LogP contribution in [0.2, 0.25) is 0 Å². The Kier molecular flexibility index (Phi) is 5.84. The van der Waals surface area contributed by atoms with Crippen LogP contribution in [0.1, 0.15) is 11.1 Å². The molecule has 3 rings (SSSR count). The number of benzene rings is 2. The van der Waals surface area contributed by atoms with Gasteiger partial charge < -0.3 is 15.5 Å². The molecule has 2 N–H and O–H groups in total. The highest BCUT2D eigenvalue weighted by atomic mass is 19.1. The van der Waals surface area contributed by atoms with Crippen LogP contribution < -0.4 is 10.6 Å². The highest BCUT2D eigenvalue weighted by Crippen LogP contribution is 2.13. The molecule has 0 radical (unpaired) electrons. The van der Waals surface area contributed by atoms with Crippen molar-refractivity contribution in [2.75, 3.05) is 19.6 Å². The van der Waals surface area contributed by atoms with Crippen LogP contribution in [0, 0.1) is 5.82 Å². The van der Waals surface area contributed by atoms with Crippen LogP contribution in [0.15, 0.2) is 54.6 Å². The summed E-state index contributed by atoms with van der Waals surface area (Å²) in [4.78, 5) is 26.0. The molecule has 2 aromatic rings. The second-order valence-corrected chi connectivity index (χ2v) is 6.38. The van der Waals surface area contributed by atoms with E-state index in [4.69, 9.17) is 0 Å². The van der Waals surface area contributed by atoms with E-state index in [1.54, 1.807) is 11.0 Å². The first-order chi connectivity index (χ1) is 12.6. The molecule has 136 valence electrons. The van der Waals surface area contributed by atoms with Gasteiger partial charge in [0.05, 0.1) is 12.5 Å². The molecule has 0 aromatic heterocycles. The maximum absolute atomic E-state index is 13.5. The Morgan fingerprint density at radius 2 is 1.92 bits per heavy atom. The predicted molar refractivity (Wildman–Crippen MR) is 97.2 cm³/mol. The molecule has 0 unspecified atom stereocenters. The lowest BCUT2D eigenvalue weighted by molar-refractivity contribution is -0.120. The van der Waals surface area contributed by atoms with Gasteiger partial charge in [-0.05, 0) is 29.7 Å². The second kappa shape index (κ2) is 8.47. The summed E-state index contributed by atoms with van der Waals surface area (Å²) < 4.78 is 13.5. The minimum Gasteiger partial charge on any atom is -0.354 e. The molecule has 1 aliphatic rings. The lowest BCUT2D eigenvalue weighted by atomic mass is 10.0. The van der Waals surface area contributed by atoms with Crippen molar-refractivity contribution < 1.29 is 14.0 Å². The number of nitrogens with zero attached hydrogens (tertiary/aromatic N) is 1. The summed E-state index contributed by atoms with van der Waals surface area (Å²) in [5.74, 6) is -0.403. The van der Waals surface area contributed by atoms with Crippen LogP contribution in [0.5, 0.6) is 0 Å². The summed E-state index contributed by atoms with van der Waals surface area (Å²) >= 11 is 0. The minimum atomic E-state index is -0.305. The van der Waals surface area contributed by atoms with E-state index in [9.17, 15) is 14.0 Å². The Morgan fingerprint density at radius 3 is 2.62 bits per heavy atom. The number of carbonyl (C=O) groups is 2. The van der Waals surface area contributed by atoms with Gasteiger partial charge in [-0.1, -0.05) is 42.5 Å². The van der Waals surface area contributed by atoms with E-state index < -0.39 is 0 Å². The topological polar surface area (TPSA) is 61.4 Å². The molecular weight excluding hydrogens is 333 g/mol. The molecule has 0 saturated carbocycles. The Labute approximate surface area is 152 Å². The van der Waals surface area contributed by atoms with Gasteiger partial charge in [0.1, 0.15) is 5.82 Å². The number of amides is 3. The van der Waals surface area contributed by atoms with Gasteiger partial charge in [-0.2, -0.15) is 0 Å². The number of halogens is 1. The highest BCUT2D eigenvalue weighted by molar-refractivity contribution is 5.79. The van der Waals surface area contributed by atoms with E-state index in [0.29, 0.717) is 32.5 Å². The smallest absolute Gasteiger partial charge is 0.317 e. The average Bonchev–Trinajstić information content (AvgIpc) is 3.05. The van der Waals surface area contributed by atoms with Gasteiger partial charge in [-0.25, -0.2) is 9.18 Å². The maximum atomic E-state index is 13.5. The first kappa shape index (κ1) is 17.9. The van der Waals surface area contributed by atoms with Gasteiger partial charge >= 0.3 is 6.03 Å². The van der Waals surface area contributed by atoms with E-state index in [1.807, 2.05) is 36.4 Å². The van der Waals surface area contributed by atoms with Crippen molar-refractivity contribution in [2.24, 2.45) is 0 Å². The second-order valence-electron chi connectivity index (χ2n) is 6.38. The van der Waals surface area contributed by atoms with E-state index in [1.165, 1.54) is 12.1 Å². The number of rotatable bonds is 7. The van der Waals surface area contributed by atoms with Crippen molar-refractivity contribution in [2.45, 2.75) is 18.9 Å². The summed E-state index contributed by atoms with van der Waals surface area (Å²) in [6.45, 7) is 1.49. The normalized spacial score (nSPS) is 14.8. The molecule has 0 bridgehead atoms. The fraction of sp³-hybridized carbons (Fsp3) is 0.300. The van der Waals surface area contributed by atoms with Crippen molar-refractivity contribution in [1.82, 2.24) is 15.5 Å². The van der Waals surface area contributed by atoms with Crippen LogP contribution in [-0.4, -0.2) is 42.5 Å². The van der Waals surface area contributed by atoms with Crippen LogP contribution in [-0.2, 0) is 17.6 Å². The quantitative estimate of drug-likeness (QED) is 0.799. The Morgan fingerprint density at radius 1 is 1.15 bits per heavy atom. The first-order valence-corrected chi connectivity index (χ1v) is 8.71. The molecule has 3 amide bonds. The number of carbonyl (C=O) groups excluding carboxylic acids is 2. The third kappa shape index (κ3) is 4.81. The molecule has 5 nitrogen and oxygen atoms in total. The summed E-state index contributed by atoms with van der Waals surface area (Å²) in [5.41, 5.74) is 1.73. The third-order valence-corrected chi connectivity index (χ3v) is 4.43. The zero-order chi connectivity index (χ0) is 18.4. The van der Waals surface area contributed by atoms with Crippen LogP contribution in [0.3, 0.4) is 0 Å². The number of nitrogens with one attached hydrogen (secondary N) is 2.